The molecule has 3 heterocycles. The maximum atomic E-state index is 6.18. The van der Waals surface area contributed by atoms with Crippen molar-refractivity contribution in [3.63, 3.8) is 0 Å². The Hall–Kier alpha value is -2.50. The summed E-state index contributed by atoms with van der Waals surface area (Å²) < 4.78 is 8.24. The van der Waals surface area contributed by atoms with Crippen molar-refractivity contribution in [1.29, 1.82) is 0 Å². The van der Waals surface area contributed by atoms with Crippen LogP contribution in [0.1, 0.15) is 90.3 Å². The van der Waals surface area contributed by atoms with Gasteiger partial charge in [0.2, 0.25) is 0 Å². The highest BCUT2D eigenvalue weighted by Gasteiger charge is 2.22. The fourth-order valence-electron chi connectivity index (χ4n) is 3.77. The molecule has 6 heteroatoms. The molecule has 0 aromatic carbocycles. The average molecular weight is 410 g/mol. The van der Waals surface area contributed by atoms with Gasteiger partial charge in [-0.3, -0.25) is 4.98 Å². The highest BCUT2D eigenvalue weighted by molar-refractivity contribution is 5.79. The van der Waals surface area contributed by atoms with E-state index in [9.17, 15) is 0 Å². The first-order chi connectivity index (χ1) is 14.3. The number of hydrogen-bond acceptors (Lipinski definition) is 5. The molecule has 3 aromatic heterocycles. The molecule has 0 saturated heterocycles. The standard InChI is InChI=1S/C24H35N5O/c1-9-17(10-2)29-24-22(16(8)28-29)27-23(19(11-3)26-24)18-13-25-20(14(4)5)12-21(18)30-15(6)7/h12-15,17H,9-11H2,1-8H3. The first-order valence-electron chi connectivity index (χ1n) is 11.2. The van der Waals surface area contributed by atoms with Gasteiger partial charge in [0.25, 0.3) is 0 Å². The molecule has 3 aromatic rings. The molecule has 0 saturated carbocycles. The van der Waals surface area contributed by atoms with E-state index in [0.717, 1.165) is 64.5 Å². The van der Waals surface area contributed by atoms with Gasteiger partial charge < -0.3 is 4.74 Å². The molecule has 0 aliphatic heterocycles. The van der Waals surface area contributed by atoms with Crippen LogP contribution in [0.5, 0.6) is 5.75 Å². The Morgan fingerprint density at radius 3 is 2.30 bits per heavy atom. The zero-order valence-electron chi connectivity index (χ0n) is 19.7. The first-order valence-corrected chi connectivity index (χ1v) is 11.2. The van der Waals surface area contributed by atoms with Gasteiger partial charge in [-0.1, -0.05) is 34.6 Å². The van der Waals surface area contributed by atoms with Gasteiger partial charge >= 0.3 is 0 Å². The number of ether oxygens (including phenoxy) is 1. The third-order valence-electron chi connectivity index (χ3n) is 5.49. The largest absolute Gasteiger partial charge is 0.490 e. The van der Waals surface area contributed by atoms with Crippen LogP contribution in [-0.2, 0) is 6.42 Å². The normalized spacial score (nSPS) is 12.0. The molecule has 3 rings (SSSR count). The number of rotatable bonds is 8. The predicted molar refractivity (Wildman–Crippen MR) is 122 cm³/mol. The fourth-order valence-corrected chi connectivity index (χ4v) is 3.77. The van der Waals surface area contributed by atoms with Crippen LogP contribution in [0.25, 0.3) is 22.4 Å². The lowest BCUT2D eigenvalue weighted by molar-refractivity contribution is 0.243. The lowest BCUT2D eigenvalue weighted by Gasteiger charge is -2.18. The number of aromatic nitrogens is 5. The zero-order valence-corrected chi connectivity index (χ0v) is 19.7. The van der Waals surface area contributed by atoms with E-state index < -0.39 is 0 Å². The third-order valence-corrected chi connectivity index (χ3v) is 5.49. The molecule has 0 radical (unpaired) electrons. The second-order valence-corrected chi connectivity index (χ2v) is 8.47. The van der Waals surface area contributed by atoms with Crippen molar-refractivity contribution in [3.05, 3.63) is 29.3 Å². The van der Waals surface area contributed by atoms with E-state index in [-0.39, 0.29) is 6.10 Å². The van der Waals surface area contributed by atoms with Gasteiger partial charge in [-0.25, -0.2) is 14.6 Å². The van der Waals surface area contributed by atoms with Crippen molar-refractivity contribution in [2.75, 3.05) is 0 Å². The molecule has 0 spiro atoms. The lowest BCUT2D eigenvalue weighted by atomic mass is 10.0. The van der Waals surface area contributed by atoms with Gasteiger partial charge in [0.15, 0.2) is 5.65 Å². The summed E-state index contributed by atoms with van der Waals surface area (Å²) in [5.74, 6) is 1.14. The summed E-state index contributed by atoms with van der Waals surface area (Å²) in [5, 5.41) is 4.79. The predicted octanol–water partition coefficient (Wildman–Crippen LogP) is 6.03. The van der Waals surface area contributed by atoms with E-state index in [0.29, 0.717) is 12.0 Å². The third kappa shape index (κ3) is 4.18. The molecule has 0 bridgehead atoms. The van der Waals surface area contributed by atoms with Gasteiger partial charge in [-0.15, -0.1) is 0 Å². The average Bonchev–Trinajstić information content (AvgIpc) is 3.03. The Balaban J connectivity index is 2.24. The van der Waals surface area contributed by atoms with Crippen molar-refractivity contribution in [2.45, 2.75) is 92.7 Å². The van der Waals surface area contributed by atoms with E-state index in [1.807, 2.05) is 33.0 Å². The quantitative estimate of drug-likeness (QED) is 0.454. The molecular weight excluding hydrogens is 374 g/mol. The SMILES string of the molecule is CCc1nc2c(nc1-c1cnc(C(C)C)cc1OC(C)C)c(C)nn2C(CC)CC. The highest BCUT2D eigenvalue weighted by Crippen LogP contribution is 2.35. The fraction of sp³-hybridized carbons (Fsp3) is 0.583. The van der Waals surface area contributed by atoms with Crippen molar-refractivity contribution in [2.24, 2.45) is 0 Å². The van der Waals surface area contributed by atoms with Crippen LogP contribution in [0, 0.1) is 6.92 Å². The van der Waals surface area contributed by atoms with Crippen LogP contribution >= 0.6 is 0 Å². The Morgan fingerprint density at radius 1 is 1.03 bits per heavy atom. The summed E-state index contributed by atoms with van der Waals surface area (Å²) in [5.41, 5.74) is 6.34. The van der Waals surface area contributed by atoms with E-state index >= 15 is 0 Å². The number of fused-ring (bicyclic) bond motifs is 1. The van der Waals surface area contributed by atoms with Crippen LogP contribution in [0.15, 0.2) is 12.3 Å². The molecule has 0 aliphatic carbocycles. The van der Waals surface area contributed by atoms with Crippen LogP contribution in [0.4, 0.5) is 0 Å². The minimum atomic E-state index is 0.0623. The van der Waals surface area contributed by atoms with E-state index in [1.54, 1.807) is 0 Å². The topological polar surface area (TPSA) is 65.7 Å². The molecular formula is C24H35N5O. The molecule has 6 nitrogen and oxygen atoms in total. The maximum Gasteiger partial charge on any atom is 0.177 e. The number of aryl methyl sites for hydroxylation is 2. The number of hydrogen-bond donors (Lipinski definition) is 0. The van der Waals surface area contributed by atoms with Crippen LogP contribution in [0.2, 0.25) is 0 Å². The molecule has 162 valence electrons. The minimum Gasteiger partial charge on any atom is -0.490 e. The Bertz CT molecular complexity index is 1020. The molecule has 0 atom stereocenters. The molecule has 30 heavy (non-hydrogen) atoms. The van der Waals surface area contributed by atoms with Crippen LogP contribution < -0.4 is 4.74 Å². The molecule has 0 unspecified atom stereocenters. The summed E-state index contributed by atoms with van der Waals surface area (Å²) in [6.45, 7) is 16.9. The van der Waals surface area contributed by atoms with Crippen LogP contribution in [0.3, 0.4) is 0 Å². The van der Waals surface area contributed by atoms with E-state index in [1.165, 1.54) is 0 Å². The Labute approximate surface area is 180 Å². The Kier molecular flexibility index (Phi) is 6.74. The smallest absolute Gasteiger partial charge is 0.177 e. The Morgan fingerprint density at radius 2 is 1.73 bits per heavy atom. The lowest BCUT2D eigenvalue weighted by Crippen LogP contribution is -2.11. The monoisotopic (exact) mass is 409 g/mol. The van der Waals surface area contributed by atoms with Crippen molar-refractivity contribution in [1.82, 2.24) is 24.7 Å². The van der Waals surface area contributed by atoms with Gasteiger partial charge in [0, 0.05) is 18.0 Å². The summed E-state index contributed by atoms with van der Waals surface area (Å²) in [4.78, 5) is 14.8. The van der Waals surface area contributed by atoms with Crippen molar-refractivity contribution < 1.29 is 4.74 Å². The molecule has 0 amide bonds. The highest BCUT2D eigenvalue weighted by atomic mass is 16.5. The van der Waals surface area contributed by atoms with Gasteiger partial charge in [0.05, 0.1) is 34.8 Å². The van der Waals surface area contributed by atoms with E-state index in [4.69, 9.17) is 24.8 Å². The number of pyridine rings is 1. The van der Waals surface area contributed by atoms with Crippen molar-refractivity contribution >= 4 is 11.2 Å². The van der Waals surface area contributed by atoms with Gasteiger partial charge in [-0.2, -0.15) is 5.10 Å². The maximum absolute atomic E-state index is 6.18. The summed E-state index contributed by atoms with van der Waals surface area (Å²) in [6.07, 6.45) is 4.77. The summed E-state index contributed by atoms with van der Waals surface area (Å²) in [7, 11) is 0. The first kappa shape index (κ1) is 22.2. The molecule has 0 aliphatic rings. The second kappa shape index (κ2) is 9.11. The minimum absolute atomic E-state index is 0.0623. The second-order valence-electron chi connectivity index (χ2n) is 8.47. The van der Waals surface area contributed by atoms with Gasteiger partial charge in [0.1, 0.15) is 11.3 Å². The zero-order chi connectivity index (χ0) is 22.0. The van der Waals surface area contributed by atoms with Gasteiger partial charge in [-0.05, 0) is 46.0 Å². The van der Waals surface area contributed by atoms with Crippen molar-refractivity contribution in [3.8, 4) is 17.0 Å². The van der Waals surface area contributed by atoms with Crippen LogP contribution in [-0.4, -0.2) is 30.8 Å². The molecule has 0 fully saturated rings. The summed E-state index contributed by atoms with van der Waals surface area (Å²) in [6, 6.07) is 2.38. The molecule has 0 N–H and O–H groups in total. The number of nitrogens with zero attached hydrogens (tertiary/aromatic N) is 5. The van der Waals surface area contributed by atoms with E-state index in [2.05, 4.69) is 39.3 Å². The summed E-state index contributed by atoms with van der Waals surface area (Å²) >= 11 is 0.